The second-order valence-electron chi connectivity index (χ2n) is 11.1. The van der Waals surface area contributed by atoms with Crippen LogP contribution in [0.1, 0.15) is 90.0 Å². The van der Waals surface area contributed by atoms with Crippen LogP contribution in [0, 0.1) is 5.92 Å². The van der Waals surface area contributed by atoms with Gasteiger partial charge in [0.1, 0.15) is 0 Å². The van der Waals surface area contributed by atoms with Crippen molar-refractivity contribution in [3.8, 4) is 0 Å². The van der Waals surface area contributed by atoms with Gasteiger partial charge >= 0.3 is 6.03 Å². The van der Waals surface area contributed by atoms with Crippen molar-refractivity contribution in [2.75, 3.05) is 18.4 Å². The Morgan fingerprint density at radius 1 is 1.19 bits per heavy atom. The molecule has 1 N–H and O–H groups in total. The zero-order valence-corrected chi connectivity index (χ0v) is 23.7. The third-order valence-electron chi connectivity index (χ3n) is 8.58. The third-order valence-corrected chi connectivity index (χ3v) is 8.89. The van der Waals surface area contributed by atoms with Crippen molar-refractivity contribution < 1.29 is 4.79 Å². The summed E-state index contributed by atoms with van der Waals surface area (Å²) in [4.78, 5) is 15.0. The molecule has 1 heterocycles. The Morgan fingerprint density at radius 3 is 2.65 bits per heavy atom. The van der Waals surface area contributed by atoms with Crippen molar-refractivity contribution in [1.82, 2.24) is 4.90 Å². The largest absolute Gasteiger partial charge is 0.322 e. The van der Waals surface area contributed by atoms with Crippen molar-refractivity contribution in [3.05, 3.63) is 87.5 Å². The number of anilines is 1. The Bertz CT molecular complexity index is 1150. The van der Waals surface area contributed by atoms with Gasteiger partial charge in [-0.15, -0.1) is 0 Å². The van der Waals surface area contributed by atoms with Crippen molar-refractivity contribution in [3.63, 3.8) is 0 Å². The Labute approximate surface area is 229 Å². The number of carbonyl (C=O) groups excluding carboxylic acids is 1. The molecular formula is C33H43ClN2O. The number of hydrogen-bond acceptors (Lipinski definition) is 1. The fraction of sp³-hybridized carbons (Fsp3) is 0.485. The van der Waals surface area contributed by atoms with Gasteiger partial charge in [0.05, 0.1) is 10.7 Å². The predicted octanol–water partition coefficient (Wildman–Crippen LogP) is 9.75. The van der Waals surface area contributed by atoms with E-state index in [9.17, 15) is 4.79 Å². The minimum atomic E-state index is -0.107. The lowest BCUT2D eigenvalue weighted by Gasteiger charge is -2.31. The summed E-state index contributed by atoms with van der Waals surface area (Å²) in [5, 5.41) is 3.64. The van der Waals surface area contributed by atoms with Crippen LogP contribution in [-0.2, 0) is 0 Å². The Hall–Kier alpha value is -2.52. The van der Waals surface area contributed by atoms with Gasteiger partial charge < -0.3 is 10.2 Å². The van der Waals surface area contributed by atoms with Gasteiger partial charge in [-0.1, -0.05) is 66.6 Å². The molecular weight excluding hydrogens is 476 g/mol. The van der Waals surface area contributed by atoms with E-state index < -0.39 is 0 Å². The van der Waals surface area contributed by atoms with Gasteiger partial charge in [0.15, 0.2) is 0 Å². The van der Waals surface area contributed by atoms with Gasteiger partial charge in [-0.05, 0) is 118 Å². The monoisotopic (exact) mass is 518 g/mol. The second kappa shape index (κ2) is 12.3. The van der Waals surface area contributed by atoms with Crippen molar-refractivity contribution in [2.24, 2.45) is 5.92 Å². The molecule has 1 aromatic carbocycles. The molecule has 4 rings (SSSR count). The molecule has 37 heavy (non-hydrogen) atoms. The van der Waals surface area contributed by atoms with E-state index >= 15 is 0 Å². The van der Waals surface area contributed by atoms with Crippen molar-refractivity contribution in [2.45, 2.75) is 84.5 Å². The molecule has 2 amide bonds. The Balaban J connectivity index is 1.40. The predicted molar refractivity (Wildman–Crippen MR) is 158 cm³/mol. The van der Waals surface area contributed by atoms with Crippen molar-refractivity contribution in [1.29, 1.82) is 0 Å². The highest BCUT2D eigenvalue weighted by molar-refractivity contribution is 6.33. The minimum Gasteiger partial charge on any atom is -0.320 e. The molecule has 0 spiro atoms. The highest BCUT2D eigenvalue weighted by atomic mass is 35.5. The normalized spacial score (nSPS) is 21.1. The summed E-state index contributed by atoms with van der Waals surface area (Å²) >= 11 is 6.49. The number of amides is 2. The first-order valence-corrected chi connectivity index (χ1v) is 14.4. The number of halogens is 1. The van der Waals surface area contributed by atoms with E-state index in [1.807, 2.05) is 23.1 Å². The smallest absolute Gasteiger partial charge is 0.320 e. The minimum absolute atomic E-state index is 0.107. The molecule has 198 valence electrons. The van der Waals surface area contributed by atoms with E-state index in [1.165, 1.54) is 60.0 Å². The van der Waals surface area contributed by atoms with E-state index in [0.717, 1.165) is 31.3 Å². The van der Waals surface area contributed by atoms with Gasteiger partial charge in [-0.3, -0.25) is 0 Å². The molecule has 0 radical (unpaired) electrons. The number of carbonyl (C=O) groups is 1. The Kier molecular flexibility index (Phi) is 9.18. The number of hydrogen-bond donors (Lipinski definition) is 1. The van der Waals surface area contributed by atoms with Crippen LogP contribution in [0.4, 0.5) is 10.5 Å². The molecule has 3 aliphatic rings. The quantitative estimate of drug-likeness (QED) is 0.341. The lowest BCUT2D eigenvalue weighted by atomic mass is 9.88. The zero-order valence-electron chi connectivity index (χ0n) is 23.0. The van der Waals surface area contributed by atoms with Crippen LogP contribution in [0.15, 0.2) is 76.9 Å². The highest BCUT2D eigenvalue weighted by Crippen LogP contribution is 2.42. The number of nitrogens with one attached hydrogen (secondary N) is 1. The third kappa shape index (κ3) is 6.87. The molecule has 0 saturated heterocycles. The summed E-state index contributed by atoms with van der Waals surface area (Å²) in [6.45, 7) is 16.4. The average Bonchev–Trinajstić information content (AvgIpc) is 3.76. The summed E-state index contributed by atoms with van der Waals surface area (Å²) in [5.41, 5.74) is 10.2. The number of benzene rings is 1. The van der Waals surface area contributed by atoms with E-state index in [0.29, 0.717) is 35.6 Å². The van der Waals surface area contributed by atoms with Gasteiger partial charge in [0.25, 0.3) is 0 Å². The molecule has 3 nitrogen and oxygen atoms in total. The van der Waals surface area contributed by atoms with Crippen LogP contribution in [0.25, 0.3) is 0 Å². The molecule has 1 saturated carbocycles. The van der Waals surface area contributed by atoms with E-state index in [2.05, 4.69) is 51.4 Å². The summed E-state index contributed by atoms with van der Waals surface area (Å²) in [6.07, 6.45) is 14.6. The van der Waals surface area contributed by atoms with Crippen LogP contribution in [-0.4, -0.2) is 24.0 Å². The van der Waals surface area contributed by atoms with Gasteiger partial charge in [0, 0.05) is 13.1 Å². The van der Waals surface area contributed by atoms with Crippen LogP contribution in [0.2, 0.25) is 5.02 Å². The fourth-order valence-electron chi connectivity index (χ4n) is 5.76. The molecule has 1 aliphatic heterocycles. The maximum Gasteiger partial charge on any atom is 0.322 e. The molecule has 1 aromatic rings. The average molecular weight is 519 g/mol. The summed E-state index contributed by atoms with van der Waals surface area (Å²) in [7, 11) is 0. The molecule has 1 fully saturated rings. The lowest BCUT2D eigenvalue weighted by Crippen LogP contribution is -2.40. The van der Waals surface area contributed by atoms with Gasteiger partial charge in [-0.25, -0.2) is 4.79 Å². The van der Waals surface area contributed by atoms with Crippen LogP contribution in [0.5, 0.6) is 0 Å². The van der Waals surface area contributed by atoms with E-state index in [4.69, 9.17) is 11.6 Å². The number of allylic oxidation sites excluding steroid dienone is 5. The first-order chi connectivity index (χ1) is 17.8. The maximum absolute atomic E-state index is 13.1. The zero-order chi connectivity index (χ0) is 26.5. The van der Waals surface area contributed by atoms with Crippen LogP contribution < -0.4 is 5.32 Å². The van der Waals surface area contributed by atoms with E-state index in [-0.39, 0.29) is 6.03 Å². The Morgan fingerprint density at radius 2 is 1.97 bits per heavy atom. The maximum atomic E-state index is 13.1. The second-order valence-corrected chi connectivity index (χ2v) is 11.5. The molecule has 1 atom stereocenters. The standard InChI is InChI=1S/C33H43ClN2O/c1-6-22(3)27-10-8-9-25(11-12-27)19-23(4)24(5)30-17-18-36(21-26(30)7-2)33(37)35-32-16-15-29(20-31(32)34)28-13-14-28/h7,9,15-16,20,27-28H,2-3,6,8,10-14,17-19,21H2,1,4-5H3,(H,35,37). The molecule has 0 aromatic heterocycles. The molecule has 2 aliphatic carbocycles. The first-order valence-electron chi connectivity index (χ1n) is 14.0. The van der Waals surface area contributed by atoms with Crippen molar-refractivity contribution >= 4 is 23.3 Å². The number of nitrogens with zero attached hydrogens (tertiary/aromatic N) is 1. The SMILES string of the molecule is C=CC1=C(C(C)=C(C)CC2=CCCC(C(=C)CC)CC2)CCN(C(=O)Nc2ccc(C3CC3)cc2Cl)C1. The molecule has 1 unspecified atom stereocenters. The van der Waals surface area contributed by atoms with Gasteiger partial charge in [0.2, 0.25) is 0 Å². The highest BCUT2D eigenvalue weighted by Gasteiger charge is 2.26. The number of urea groups is 1. The van der Waals surface area contributed by atoms with Gasteiger partial charge in [-0.2, -0.15) is 0 Å². The molecule has 4 heteroatoms. The topological polar surface area (TPSA) is 32.3 Å². The lowest BCUT2D eigenvalue weighted by molar-refractivity contribution is 0.214. The summed E-state index contributed by atoms with van der Waals surface area (Å²) in [5.74, 6) is 1.31. The van der Waals surface area contributed by atoms with Crippen LogP contribution >= 0.6 is 11.6 Å². The first kappa shape index (κ1) is 27.5. The number of rotatable bonds is 8. The summed E-state index contributed by atoms with van der Waals surface area (Å²) in [6, 6.07) is 5.92. The fourth-order valence-corrected chi connectivity index (χ4v) is 5.99. The summed E-state index contributed by atoms with van der Waals surface area (Å²) < 4.78 is 0. The van der Waals surface area contributed by atoms with E-state index in [1.54, 1.807) is 5.57 Å². The van der Waals surface area contributed by atoms with Crippen LogP contribution in [0.3, 0.4) is 0 Å². The molecule has 0 bridgehead atoms.